The van der Waals surface area contributed by atoms with Gasteiger partial charge in [-0.05, 0) is 24.6 Å². The number of anilines is 1. The van der Waals surface area contributed by atoms with Crippen LogP contribution in [0.5, 0.6) is 0 Å². The lowest BCUT2D eigenvalue weighted by Crippen LogP contribution is -2.35. The Kier molecular flexibility index (Phi) is 4.59. The molecule has 0 saturated carbocycles. The van der Waals surface area contributed by atoms with Crippen molar-refractivity contribution in [1.82, 2.24) is 40.1 Å². The van der Waals surface area contributed by atoms with Crippen molar-refractivity contribution >= 4 is 11.7 Å². The van der Waals surface area contributed by atoms with Gasteiger partial charge in [-0.15, -0.1) is 5.10 Å². The molecule has 11 heteroatoms. The minimum absolute atomic E-state index is 0.131. The van der Waals surface area contributed by atoms with Crippen LogP contribution >= 0.6 is 0 Å². The molecule has 1 aromatic carbocycles. The van der Waals surface area contributed by atoms with Crippen LogP contribution in [0.15, 0.2) is 36.5 Å². The second-order valence-corrected chi connectivity index (χ2v) is 7.39. The number of amides is 1. The third kappa shape index (κ3) is 3.43. The number of nitrogens with one attached hydrogen (secondary N) is 1. The van der Waals surface area contributed by atoms with Gasteiger partial charge in [0.15, 0.2) is 5.82 Å². The van der Waals surface area contributed by atoms with Gasteiger partial charge in [0, 0.05) is 18.2 Å². The number of aromatic nitrogens is 7. The molecule has 0 aliphatic carbocycles. The van der Waals surface area contributed by atoms with Crippen molar-refractivity contribution in [2.75, 3.05) is 12.3 Å². The van der Waals surface area contributed by atoms with Gasteiger partial charge < -0.3 is 11.1 Å². The Morgan fingerprint density at radius 3 is 2.94 bits per heavy atom. The summed E-state index contributed by atoms with van der Waals surface area (Å²) in [5, 5.41) is 24.9. The van der Waals surface area contributed by atoms with Crippen LogP contribution in [0.2, 0.25) is 0 Å². The van der Waals surface area contributed by atoms with Crippen LogP contribution in [0.4, 0.5) is 5.82 Å². The first-order valence-electron chi connectivity index (χ1n) is 9.92. The molecule has 5 rings (SSSR count). The molecular weight excluding hydrogens is 408 g/mol. The van der Waals surface area contributed by atoms with Crippen LogP contribution < -0.4 is 11.1 Å². The Morgan fingerprint density at radius 2 is 2.12 bits per heavy atom. The van der Waals surface area contributed by atoms with Crippen LogP contribution in [0.1, 0.15) is 27.3 Å². The summed E-state index contributed by atoms with van der Waals surface area (Å²) < 4.78 is 3.32. The number of carbonyl (C=O) groups is 1. The Morgan fingerprint density at radius 1 is 1.25 bits per heavy atom. The first kappa shape index (κ1) is 19.4. The summed E-state index contributed by atoms with van der Waals surface area (Å²) in [6.07, 6.45) is 1.74. The highest BCUT2D eigenvalue weighted by molar-refractivity contribution is 5.93. The molecule has 0 radical (unpaired) electrons. The second kappa shape index (κ2) is 7.59. The lowest BCUT2D eigenvalue weighted by atomic mass is 10.0. The van der Waals surface area contributed by atoms with Crippen LogP contribution in [0.25, 0.3) is 22.8 Å². The number of hydrogen-bond donors (Lipinski definition) is 2. The molecule has 0 unspecified atom stereocenters. The second-order valence-electron chi connectivity index (χ2n) is 7.39. The standard InChI is InChI=1S/C21H18N10O/c1-12-13(9-22)3-2-4-15(12)20-25-16(8-19(23)26-20)17-11-30(29-27-17)10-14-7-18-21(32)24-5-6-31(18)28-14/h2-4,7-8,11H,5-6,10H2,1H3,(H,24,32)(H2,23,25,26). The van der Waals surface area contributed by atoms with Crippen LogP contribution in [0.3, 0.4) is 0 Å². The quantitative estimate of drug-likeness (QED) is 0.493. The van der Waals surface area contributed by atoms with Gasteiger partial charge in [-0.25, -0.2) is 14.6 Å². The highest BCUT2D eigenvalue weighted by Crippen LogP contribution is 2.26. The summed E-state index contributed by atoms with van der Waals surface area (Å²) in [6.45, 7) is 3.41. The number of fused-ring (bicyclic) bond motifs is 1. The van der Waals surface area contributed by atoms with Gasteiger partial charge in [-0.2, -0.15) is 10.4 Å². The zero-order chi connectivity index (χ0) is 22.2. The summed E-state index contributed by atoms with van der Waals surface area (Å²) in [5.41, 5.74) is 10.4. The number of nitriles is 1. The molecule has 3 N–H and O–H groups in total. The molecule has 0 atom stereocenters. The number of nitrogens with zero attached hydrogens (tertiary/aromatic N) is 8. The average molecular weight is 426 g/mol. The van der Waals surface area contributed by atoms with E-state index in [0.717, 1.165) is 11.1 Å². The largest absolute Gasteiger partial charge is 0.384 e. The van der Waals surface area contributed by atoms with E-state index in [1.165, 1.54) is 0 Å². The van der Waals surface area contributed by atoms with Gasteiger partial charge in [-0.1, -0.05) is 17.3 Å². The number of carbonyl (C=O) groups excluding carboxylic acids is 1. The van der Waals surface area contributed by atoms with E-state index in [-0.39, 0.29) is 11.7 Å². The number of nitrogens with two attached hydrogens (primary N) is 1. The molecule has 4 heterocycles. The fraction of sp³-hybridized carbons (Fsp3) is 0.190. The molecule has 3 aromatic heterocycles. The molecule has 0 spiro atoms. The average Bonchev–Trinajstić information content (AvgIpc) is 3.41. The number of rotatable bonds is 4. The van der Waals surface area contributed by atoms with Crippen LogP contribution in [0, 0.1) is 18.3 Å². The first-order valence-corrected chi connectivity index (χ1v) is 9.92. The third-order valence-corrected chi connectivity index (χ3v) is 5.24. The van der Waals surface area contributed by atoms with E-state index >= 15 is 0 Å². The van der Waals surface area contributed by atoms with Crippen molar-refractivity contribution < 1.29 is 4.79 Å². The lowest BCUT2D eigenvalue weighted by Gasteiger charge is -2.13. The predicted molar refractivity (Wildman–Crippen MR) is 114 cm³/mol. The SMILES string of the molecule is Cc1c(C#N)cccc1-c1nc(N)cc(-c2cn(Cc3cc4n(n3)CCNC4=O)nn2)n1. The van der Waals surface area contributed by atoms with E-state index in [4.69, 9.17) is 5.73 Å². The number of benzene rings is 1. The summed E-state index contributed by atoms with van der Waals surface area (Å²) in [6, 6.07) is 10.9. The molecular formula is C21H18N10O. The monoisotopic (exact) mass is 426 g/mol. The zero-order valence-electron chi connectivity index (χ0n) is 17.1. The summed E-state index contributed by atoms with van der Waals surface area (Å²) in [5.74, 6) is 0.570. The van der Waals surface area contributed by atoms with E-state index in [2.05, 4.69) is 36.8 Å². The van der Waals surface area contributed by atoms with Gasteiger partial charge in [0.25, 0.3) is 5.91 Å². The summed E-state index contributed by atoms with van der Waals surface area (Å²) >= 11 is 0. The van der Waals surface area contributed by atoms with E-state index in [1.807, 2.05) is 13.0 Å². The smallest absolute Gasteiger partial charge is 0.269 e. The maximum absolute atomic E-state index is 11.9. The van der Waals surface area contributed by atoms with Crippen LogP contribution in [-0.4, -0.2) is 47.2 Å². The Hall–Kier alpha value is -4.59. The molecule has 0 saturated heterocycles. The van der Waals surface area contributed by atoms with Crippen molar-refractivity contribution in [3.63, 3.8) is 0 Å². The van der Waals surface area contributed by atoms with Gasteiger partial charge in [0.05, 0.1) is 42.3 Å². The normalized spacial score (nSPS) is 12.8. The van der Waals surface area contributed by atoms with E-state index < -0.39 is 0 Å². The molecule has 0 bridgehead atoms. The van der Waals surface area contributed by atoms with Gasteiger partial charge >= 0.3 is 0 Å². The number of nitrogen functional groups attached to an aromatic ring is 1. The van der Waals surface area contributed by atoms with E-state index in [9.17, 15) is 10.1 Å². The van der Waals surface area contributed by atoms with E-state index in [0.29, 0.717) is 53.8 Å². The molecule has 4 aromatic rings. The first-order chi connectivity index (χ1) is 15.5. The maximum Gasteiger partial charge on any atom is 0.269 e. The summed E-state index contributed by atoms with van der Waals surface area (Å²) in [4.78, 5) is 20.9. The topological polar surface area (TPSA) is 153 Å². The fourth-order valence-electron chi connectivity index (χ4n) is 3.64. The molecule has 158 valence electrons. The third-order valence-electron chi connectivity index (χ3n) is 5.24. The van der Waals surface area contributed by atoms with E-state index in [1.54, 1.807) is 39.8 Å². The fourth-order valence-corrected chi connectivity index (χ4v) is 3.64. The van der Waals surface area contributed by atoms with Crippen molar-refractivity contribution in [2.45, 2.75) is 20.0 Å². The van der Waals surface area contributed by atoms with Crippen molar-refractivity contribution in [3.05, 3.63) is 59.0 Å². The van der Waals surface area contributed by atoms with Gasteiger partial charge in [0.2, 0.25) is 0 Å². The highest BCUT2D eigenvalue weighted by atomic mass is 16.2. The highest BCUT2D eigenvalue weighted by Gasteiger charge is 2.20. The summed E-state index contributed by atoms with van der Waals surface area (Å²) in [7, 11) is 0. The Balaban J connectivity index is 1.45. The van der Waals surface area contributed by atoms with Crippen molar-refractivity contribution in [3.8, 4) is 28.8 Å². The Labute approximate surface area is 182 Å². The van der Waals surface area contributed by atoms with Crippen LogP contribution in [-0.2, 0) is 13.1 Å². The lowest BCUT2D eigenvalue weighted by molar-refractivity contribution is 0.0924. The minimum atomic E-state index is -0.131. The molecule has 1 aliphatic rings. The van der Waals surface area contributed by atoms with Gasteiger partial charge in [0.1, 0.15) is 17.2 Å². The van der Waals surface area contributed by atoms with Crippen molar-refractivity contribution in [1.29, 1.82) is 5.26 Å². The Bertz CT molecular complexity index is 1390. The molecule has 1 aliphatic heterocycles. The number of hydrogen-bond acceptors (Lipinski definition) is 8. The van der Waals surface area contributed by atoms with Gasteiger partial charge in [-0.3, -0.25) is 9.48 Å². The molecule has 11 nitrogen and oxygen atoms in total. The maximum atomic E-state index is 11.9. The molecule has 1 amide bonds. The molecule has 32 heavy (non-hydrogen) atoms. The predicted octanol–water partition coefficient (Wildman–Crippen LogP) is 1.15. The van der Waals surface area contributed by atoms with Crippen molar-refractivity contribution in [2.24, 2.45) is 0 Å². The minimum Gasteiger partial charge on any atom is -0.384 e. The molecule has 0 fully saturated rings. The zero-order valence-corrected chi connectivity index (χ0v) is 17.1.